The lowest BCUT2D eigenvalue weighted by Gasteiger charge is -2.14. The molecule has 2 aromatic heterocycles. The molecule has 1 amide bonds. The number of nitrogens with zero attached hydrogens (tertiary/aromatic N) is 1. The summed E-state index contributed by atoms with van der Waals surface area (Å²) >= 11 is 0. The summed E-state index contributed by atoms with van der Waals surface area (Å²) in [6, 6.07) is 16.3. The number of aromatic nitrogens is 1. The van der Waals surface area contributed by atoms with E-state index in [-0.39, 0.29) is 12.4 Å². The highest BCUT2D eigenvalue weighted by Crippen LogP contribution is 2.27. The molecule has 2 heterocycles. The van der Waals surface area contributed by atoms with Gasteiger partial charge in [0.15, 0.2) is 6.10 Å². The minimum absolute atomic E-state index is 0.0343. The van der Waals surface area contributed by atoms with Gasteiger partial charge < -0.3 is 19.2 Å². The van der Waals surface area contributed by atoms with E-state index >= 15 is 0 Å². The third-order valence-corrected chi connectivity index (χ3v) is 4.73. The predicted octanol–water partition coefficient (Wildman–Crippen LogP) is 4.31. The van der Waals surface area contributed by atoms with Crippen LogP contribution in [0.25, 0.3) is 21.9 Å². The number of amides is 1. The van der Waals surface area contributed by atoms with Crippen LogP contribution in [0, 0.1) is 0 Å². The van der Waals surface area contributed by atoms with E-state index < -0.39 is 18.0 Å². The Morgan fingerprint density at radius 1 is 1.07 bits per heavy atom. The molecule has 0 bridgehead atoms. The maximum atomic E-state index is 12.7. The van der Waals surface area contributed by atoms with Crippen LogP contribution in [0.4, 0.5) is 5.69 Å². The Balaban J connectivity index is 1.53. The highest BCUT2D eigenvalue weighted by molar-refractivity contribution is 6.04. The Labute approximate surface area is 172 Å². The van der Waals surface area contributed by atoms with Gasteiger partial charge in [-0.25, -0.2) is 4.79 Å². The topological polar surface area (TPSA) is 90.7 Å². The number of methoxy groups -OCH3 is 1. The van der Waals surface area contributed by atoms with Crippen molar-refractivity contribution < 1.29 is 23.5 Å². The van der Waals surface area contributed by atoms with Gasteiger partial charge in [0.1, 0.15) is 5.58 Å². The molecule has 4 rings (SSSR count). The van der Waals surface area contributed by atoms with Gasteiger partial charge in [0.25, 0.3) is 5.91 Å². The number of hydrogen-bond acceptors (Lipinski definition) is 6. The van der Waals surface area contributed by atoms with E-state index in [0.717, 1.165) is 16.3 Å². The summed E-state index contributed by atoms with van der Waals surface area (Å²) in [7, 11) is 1.53. The molecule has 7 nitrogen and oxygen atoms in total. The van der Waals surface area contributed by atoms with Crippen LogP contribution in [-0.2, 0) is 20.9 Å². The first-order valence-electron chi connectivity index (χ1n) is 9.43. The quantitative estimate of drug-likeness (QED) is 0.482. The average Bonchev–Trinajstić information content (AvgIpc) is 3.13. The number of furan rings is 1. The Morgan fingerprint density at radius 3 is 2.70 bits per heavy atom. The molecule has 1 unspecified atom stereocenters. The van der Waals surface area contributed by atoms with Crippen molar-refractivity contribution in [3.8, 4) is 0 Å². The summed E-state index contributed by atoms with van der Waals surface area (Å²) in [6.07, 6.45) is 0.650. The Bertz CT molecular complexity index is 1230. The SMILES string of the molecule is COCc1c(C(=O)OC(C)C(=O)Nc2cccc3ncccc23)oc2ccccc12. The van der Waals surface area contributed by atoms with Gasteiger partial charge in [-0.2, -0.15) is 0 Å². The summed E-state index contributed by atoms with van der Waals surface area (Å²) < 4.78 is 16.3. The van der Waals surface area contributed by atoms with Crippen molar-refractivity contribution in [3.05, 3.63) is 72.1 Å². The van der Waals surface area contributed by atoms with Crippen LogP contribution < -0.4 is 5.32 Å². The fraction of sp³-hybridized carbons (Fsp3) is 0.174. The van der Waals surface area contributed by atoms with Gasteiger partial charge in [-0.3, -0.25) is 9.78 Å². The van der Waals surface area contributed by atoms with Crippen molar-refractivity contribution in [3.63, 3.8) is 0 Å². The van der Waals surface area contributed by atoms with E-state index in [1.165, 1.54) is 14.0 Å². The largest absolute Gasteiger partial charge is 0.449 e. The highest BCUT2D eigenvalue weighted by Gasteiger charge is 2.26. The summed E-state index contributed by atoms with van der Waals surface area (Å²) in [4.78, 5) is 29.6. The molecule has 0 spiro atoms. The van der Waals surface area contributed by atoms with Crippen LogP contribution >= 0.6 is 0 Å². The number of ether oxygens (including phenoxy) is 2. The molecular formula is C23H20N2O5. The van der Waals surface area contributed by atoms with Crippen molar-refractivity contribution in [2.45, 2.75) is 19.6 Å². The lowest BCUT2D eigenvalue weighted by atomic mass is 10.1. The first-order valence-corrected chi connectivity index (χ1v) is 9.43. The Morgan fingerprint density at radius 2 is 1.87 bits per heavy atom. The van der Waals surface area contributed by atoms with Gasteiger partial charge in [0.05, 0.1) is 17.8 Å². The molecule has 0 radical (unpaired) electrons. The zero-order chi connectivity index (χ0) is 21.1. The number of fused-ring (bicyclic) bond motifs is 2. The van der Waals surface area contributed by atoms with Crippen LogP contribution in [0.1, 0.15) is 23.0 Å². The van der Waals surface area contributed by atoms with Gasteiger partial charge in [0.2, 0.25) is 5.76 Å². The van der Waals surface area contributed by atoms with Gasteiger partial charge >= 0.3 is 5.97 Å². The molecule has 0 saturated carbocycles. The molecular weight excluding hydrogens is 384 g/mol. The fourth-order valence-corrected chi connectivity index (χ4v) is 3.27. The number of nitrogens with one attached hydrogen (secondary N) is 1. The molecule has 0 aliphatic rings. The smallest absolute Gasteiger partial charge is 0.375 e. The molecule has 7 heteroatoms. The number of rotatable bonds is 6. The van der Waals surface area contributed by atoms with E-state index in [9.17, 15) is 9.59 Å². The highest BCUT2D eigenvalue weighted by atomic mass is 16.6. The van der Waals surface area contributed by atoms with Crippen molar-refractivity contribution >= 4 is 39.4 Å². The van der Waals surface area contributed by atoms with Crippen LogP contribution in [0.3, 0.4) is 0 Å². The summed E-state index contributed by atoms with van der Waals surface area (Å²) in [5.74, 6) is -1.14. The summed E-state index contributed by atoms with van der Waals surface area (Å²) in [5, 5.41) is 4.36. The second-order valence-corrected chi connectivity index (χ2v) is 6.75. The number of pyridine rings is 1. The third kappa shape index (κ3) is 3.75. The zero-order valence-corrected chi connectivity index (χ0v) is 16.5. The van der Waals surface area contributed by atoms with Crippen molar-refractivity contribution in [1.29, 1.82) is 0 Å². The standard InChI is InChI=1S/C23H20N2O5/c1-14(22(26)25-19-10-5-9-18-16(19)8-6-12-24-18)29-23(27)21-17(13-28-2)15-7-3-4-11-20(15)30-21/h3-12,14H,13H2,1-2H3,(H,25,26). The second-order valence-electron chi connectivity index (χ2n) is 6.75. The van der Waals surface area contributed by atoms with Crippen LogP contribution in [0.15, 0.2) is 65.2 Å². The summed E-state index contributed by atoms with van der Waals surface area (Å²) in [5.41, 5.74) is 2.49. The molecule has 4 aromatic rings. The van der Waals surface area contributed by atoms with Crippen molar-refractivity contribution in [2.75, 3.05) is 12.4 Å². The van der Waals surface area contributed by atoms with Gasteiger partial charge in [-0.05, 0) is 37.3 Å². The first kappa shape index (κ1) is 19.6. The fourth-order valence-electron chi connectivity index (χ4n) is 3.27. The molecule has 152 valence electrons. The lowest BCUT2D eigenvalue weighted by Crippen LogP contribution is -2.30. The number of benzene rings is 2. The number of carbonyl (C=O) groups excluding carboxylic acids is 2. The lowest BCUT2D eigenvalue weighted by molar-refractivity contribution is -0.123. The van der Waals surface area contributed by atoms with E-state index in [1.54, 1.807) is 30.5 Å². The second kappa shape index (κ2) is 8.34. The number of anilines is 1. The molecule has 0 aliphatic heterocycles. The van der Waals surface area contributed by atoms with Crippen molar-refractivity contribution in [2.24, 2.45) is 0 Å². The Hall–Kier alpha value is -3.71. The maximum Gasteiger partial charge on any atom is 0.375 e. The van der Waals surface area contributed by atoms with Crippen LogP contribution in [-0.4, -0.2) is 30.1 Å². The number of hydrogen-bond donors (Lipinski definition) is 1. The average molecular weight is 404 g/mol. The predicted molar refractivity (Wildman–Crippen MR) is 112 cm³/mol. The molecule has 30 heavy (non-hydrogen) atoms. The zero-order valence-electron chi connectivity index (χ0n) is 16.5. The van der Waals surface area contributed by atoms with E-state index in [2.05, 4.69) is 10.3 Å². The van der Waals surface area contributed by atoms with Gasteiger partial charge in [-0.15, -0.1) is 0 Å². The van der Waals surface area contributed by atoms with E-state index in [0.29, 0.717) is 16.8 Å². The minimum atomic E-state index is -1.03. The number of esters is 1. The Kier molecular flexibility index (Phi) is 5.45. The molecule has 1 N–H and O–H groups in total. The molecule has 0 fully saturated rings. The number of para-hydroxylation sites is 1. The van der Waals surface area contributed by atoms with Crippen molar-refractivity contribution in [1.82, 2.24) is 4.98 Å². The maximum absolute atomic E-state index is 12.7. The van der Waals surface area contributed by atoms with E-state index in [4.69, 9.17) is 13.9 Å². The van der Waals surface area contributed by atoms with Gasteiger partial charge in [-0.1, -0.05) is 24.3 Å². The monoisotopic (exact) mass is 404 g/mol. The molecule has 0 aliphatic carbocycles. The van der Waals surface area contributed by atoms with E-state index in [1.807, 2.05) is 30.3 Å². The third-order valence-electron chi connectivity index (χ3n) is 4.73. The first-order chi connectivity index (χ1) is 14.6. The molecule has 1 atom stereocenters. The summed E-state index contributed by atoms with van der Waals surface area (Å²) in [6.45, 7) is 1.69. The molecule has 2 aromatic carbocycles. The van der Waals surface area contributed by atoms with Crippen LogP contribution in [0.2, 0.25) is 0 Å². The molecule has 0 saturated heterocycles. The minimum Gasteiger partial charge on any atom is -0.449 e. The number of carbonyl (C=O) groups is 2. The normalized spacial score (nSPS) is 12.1. The van der Waals surface area contributed by atoms with Crippen LogP contribution in [0.5, 0.6) is 0 Å². The van der Waals surface area contributed by atoms with Gasteiger partial charge in [0, 0.05) is 29.6 Å².